The fourth-order valence-corrected chi connectivity index (χ4v) is 6.46. The lowest BCUT2D eigenvalue weighted by molar-refractivity contribution is -0.285. The third-order valence-electron chi connectivity index (χ3n) is 6.49. The van der Waals surface area contributed by atoms with Crippen molar-refractivity contribution in [3.05, 3.63) is 97.2 Å². The van der Waals surface area contributed by atoms with Gasteiger partial charge in [0.1, 0.15) is 0 Å². The number of Topliss-reactive ketones (excluding diaryl/α,β-unsaturated/α-hetero) is 1. The maximum absolute atomic E-state index is 14.6. The number of nitriles is 1. The molecule has 0 aliphatic carbocycles. The van der Waals surface area contributed by atoms with Gasteiger partial charge in [-0.25, -0.2) is 0 Å². The lowest BCUT2D eigenvalue weighted by Crippen LogP contribution is -2.66. The summed E-state index contributed by atoms with van der Waals surface area (Å²) in [4.78, 5) is 26.3. The van der Waals surface area contributed by atoms with Crippen molar-refractivity contribution in [2.75, 3.05) is 11.1 Å². The molecule has 1 aliphatic rings. The van der Waals surface area contributed by atoms with Gasteiger partial charge in [0.05, 0.1) is 33.2 Å². The number of carbonyl (C=O) groups is 2. The first-order valence-electron chi connectivity index (χ1n) is 11.9. The zero-order valence-corrected chi connectivity index (χ0v) is 23.6. The smallest absolute Gasteiger partial charge is 0.363 e. The van der Waals surface area contributed by atoms with Crippen molar-refractivity contribution in [2.24, 2.45) is 5.92 Å². The summed E-state index contributed by atoms with van der Waals surface area (Å²) in [6.07, 6.45) is -5.35. The molecule has 3 atom stereocenters. The van der Waals surface area contributed by atoms with Gasteiger partial charge in [0.15, 0.2) is 5.78 Å². The SMILES string of the molecule is Cc1ccc(NC(=O)CSC2=C(C#N)C(c3ccccc3Cl)C(C(=O)c3cccs3)C(O)(C(F)(F)F)N2)c(C)c1. The molecule has 0 bridgehead atoms. The van der Waals surface area contributed by atoms with Gasteiger partial charge in [-0.15, -0.1) is 11.3 Å². The van der Waals surface area contributed by atoms with Gasteiger partial charge in [-0.05, 0) is 48.6 Å². The van der Waals surface area contributed by atoms with Gasteiger partial charge in [-0.3, -0.25) is 9.59 Å². The molecule has 12 heteroatoms. The van der Waals surface area contributed by atoms with E-state index >= 15 is 0 Å². The molecular formula is C28H23ClF3N3O3S2. The van der Waals surface area contributed by atoms with Crippen molar-refractivity contribution in [1.29, 1.82) is 5.26 Å². The summed E-state index contributed by atoms with van der Waals surface area (Å²) in [5.74, 6) is -5.67. The molecule has 3 aromatic rings. The van der Waals surface area contributed by atoms with E-state index < -0.39 is 35.4 Å². The second-order valence-corrected chi connectivity index (χ2v) is 11.6. The molecule has 3 unspecified atom stereocenters. The van der Waals surface area contributed by atoms with Crippen LogP contribution in [-0.2, 0) is 4.79 Å². The predicted octanol–water partition coefficient (Wildman–Crippen LogP) is 6.56. The summed E-state index contributed by atoms with van der Waals surface area (Å²) < 4.78 is 43.9. The second kappa shape index (κ2) is 11.7. The van der Waals surface area contributed by atoms with E-state index in [1.165, 1.54) is 35.7 Å². The molecule has 0 spiro atoms. The molecule has 1 aliphatic heterocycles. The lowest BCUT2D eigenvalue weighted by Gasteiger charge is -2.45. The largest absolute Gasteiger partial charge is 0.437 e. The fourth-order valence-electron chi connectivity index (χ4n) is 4.60. The molecule has 0 saturated heterocycles. The third-order valence-corrected chi connectivity index (χ3v) is 8.73. The monoisotopic (exact) mass is 605 g/mol. The van der Waals surface area contributed by atoms with Crippen LogP contribution < -0.4 is 10.6 Å². The molecule has 1 amide bonds. The van der Waals surface area contributed by atoms with Crippen molar-refractivity contribution in [3.63, 3.8) is 0 Å². The van der Waals surface area contributed by atoms with Crippen LogP contribution >= 0.6 is 34.7 Å². The first-order valence-corrected chi connectivity index (χ1v) is 14.1. The summed E-state index contributed by atoms with van der Waals surface area (Å²) in [6.45, 7) is 3.70. The van der Waals surface area contributed by atoms with E-state index in [1.807, 2.05) is 24.4 Å². The van der Waals surface area contributed by atoms with Gasteiger partial charge in [0.25, 0.3) is 0 Å². The van der Waals surface area contributed by atoms with E-state index in [9.17, 15) is 33.1 Å². The molecule has 6 nitrogen and oxygen atoms in total. The molecule has 2 heterocycles. The Balaban J connectivity index is 1.79. The number of rotatable bonds is 7. The molecule has 208 valence electrons. The number of halogens is 4. The highest BCUT2D eigenvalue weighted by Crippen LogP contribution is 2.52. The van der Waals surface area contributed by atoms with Gasteiger partial charge >= 0.3 is 6.18 Å². The number of nitrogens with one attached hydrogen (secondary N) is 2. The second-order valence-electron chi connectivity index (χ2n) is 9.22. The molecule has 3 N–H and O–H groups in total. The van der Waals surface area contributed by atoms with Crippen molar-refractivity contribution >= 4 is 52.1 Å². The highest BCUT2D eigenvalue weighted by Gasteiger charge is 2.66. The first kappa shape index (κ1) is 29.7. The highest BCUT2D eigenvalue weighted by molar-refractivity contribution is 8.03. The third kappa shape index (κ3) is 5.76. The van der Waals surface area contributed by atoms with Crippen molar-refractivity contribution in [1.82, 2.24) is 5.32 Å². The number of allylic oxidation sites excluding steroid dienone is 1. The Labute approximate surface area is 241 Å². The normalized spacial score (nSPS) is 20.9. The van der Waals surface area contributed by atoms with E-state index in [0.29, 0.717) is 17.4 Å². The predicted molar refractivity (Wildman–Crippen MR) is 150 cm³/mol. The number of aliphatic hydroxyl groups is 1. The molecule has 4 rings (SSSR count). The highest BCUT2D eigenvalue weighted by atomic mass is 35.5. The van der Waals surface area contributed by atoms with E-state index in [0.717, 1.165) is 22.5 Å². The standard InChI is InChI=1S/C28H23ClF3N3O3S2/c1-15-9-10-20(16(2)12-15)34-22(36)14-40-26-18(13-33)23(17-6-3-4-7-19(17)29)24(25(37)21-8-5-11-39-21)27(38,35-26)28(30,31)32/h3-12,23-24,35,38H,14H2,1-2H3,(H,34,36). The number of hydrogen-bond acceptors (Lipinski definition) is 7. The van der Waals surface area contributed by atoms with Crippen LogP contribution in [0.3, 0.4) is 0 Å². The Morgan fingerprint density at radius 3 is 2.52 bits per heavy atom. The minimum absolute atomic E-state index is 0.0206. The zero-order chi connectivity index (χ0) is 29.2. The summed E-state index contributed by atoms with van der Waals surface area (Å²) in [7, 11) is 0. The molecule has 40 heavy (non-hydrogen) atoms. The van der Waals surface area contributed by atoms with Gasteiger partial charge in [0.2, 0.25) is 11.6 Å². The Morgan fingerprint density at radius 1 is 1.20 bits per heavy atom. The summed E-state index contributed by atoms with van der Waals surface area (Å²) >= 11 is 7.92. The number of thioether (sulfide) groups is 1. The van der Waals surface area contributed by atoms with Crippen LogP contribution in [0.4, 0.5) is 18.9 Å². The number of alkyl halides is 3. The van der Waals surface area contributed by atoms with Crippen LogP contribution in [0.15, 0.2) is 70.6 Å². The Bertz CT molecular complexity index is 1520. The number of ketones is 1. The van der Waals surface area contributed by atoms with Crippen LogP contribution in [0.25, 0.3) is 0 Å². The number of nitrogens with zero attached hydrogens (tertiary/aromatic N) is 1. The van der Waals surface area contributed by atoms with Crippen molar-refractivity contribution in [2.45, 2.75) is 31.7 Å². The van der Waals surface area contributed by atoms with Crippen molar-refractivity contribution < 1.29 is 27.9 Å². The fraction of sp³-hybridized carbons (Fsp3) is 0.250. The molecular weight excluding hydrogens is 583 g/mol. The Morgan fingerprint density at radius 2 is 1.93 bits per heavy atom. The Hall–Kier alpha value is -3.30. The maximum atomic E-state index is 14.6. The van der Waals surface area contributed by atoms with Gasteiger partial charge in [-0.2, -0.15) is 18.4 Å². The summed E-state index contributed by atoms with van der Waals surface area (Å²) in [5.41, 5.74) is -1.64. The lowest BCUT2D eigenvalue weighted by atomic mass is 9.70. The van der Waals surface area contributed by atoms with E-state index in [2.05, 4.69) is 5.32 Å². The molecule has 2 aromatic carbocycles. The zero-order valence-electron chi connectivity index (χ0n) is 21.2. The van der Waals surface area contributed by atoms with E-state index in [4.69, 9.17) is 11.6 Å². The number of amides is 1. The number of benzene rings is 2. The van der Waals surface area contributed by atoms with Crippen molar-refractivity contribution in [3.8, 4) is 6.07 Å². The van der Waals surface area contributed by atoms with Crippen LogP contribution in [0.5, 0.6) is 0 Å². The first-order chi connectivity index (χ1) is 18.9. The van der Waals surface area contributed by atoms with Gasteiger partial charge in [0, 0.05) is 16.6 Å². The van der Waals surface area contributed by atoms with Crippen LogP contribution in [0.1, 0.15) is 32.3 Å². The minimum Gasteiger partial charge on any atom is -0.363 e. The maximum Gasteiger partial charge on any atom is 0.437 e. The summed E-state index contributed by atoms with van der Waals surface area (Å²) in [5, 5.41) is 27.3. The van der Waals surface area contributed by atoms with Gasteiger partial charge in [-0.1, -0.05) is 65.3 Å². The average molecular weight is 606 g/mol. The number of aryl methyl sites for hydroxylation is 2. The quantitative estimate of drug-likeness (QED) is 0.264. The minimum atomic E-state index is -5.35. The average Bonchev–Trinajstić information content (AvgIpc) is 3.43. The van der Waals surface area contributed by atoms with Crippen LogP contribution in [-0.4, -0.2) is 34.5 Å². The number of anilines is 1. The molecule has 0 fully saturated rings. The molecule has 1 aromatic heterocycles. The van der Waals surface area contributed by atoms with Gasteiger partial charge < -0.3 is 15.7 Å². The molecule has 0 radical (unpaired) electrons. The Kier molecular flexibility index (Phi) is 8.66. The molecule has 0 saturated carbocycles. The summed E-state index contributed by atoms with van der Waals surface area (Å²) in [6, 6.07) is 16.1. The van der Waals surface area contributed by atoms with Crippen LogP contribution in [0, 0.1) is 31.1 Å². The number of thiophene rings is 1. The van der Waals surface area contributed by atoms with Crippen LogP contribution in [0.2, 0.25) is 5.02 Å². The van der Waals surface area contributed by atoms with E-state index in [1.54, 1.807) is 25.1 Å². The number of hydrogen-bond donors (Lipinski definition) is 3. The van der Waals surface area contributed by atoms with E-state index in [-0.39, 0.29) is 31.8 Å². The topological polar surface area (TPSA) is 102 Å². The number of carbonyl (C=O) groups excluding carboxylic acids is 2.